The molecule has 0 amide bonds. The zero-order valence-corrected chi connectivity index (χ0v) is 17.4. The first-order valence-electron chi connectivity index (χ1n) is 9.76. The minimum atomic E-state index is -0.181. The molecule has 156 valence electrons. The Morgan fingerprint density at radius 2 is 1.71 bits per heavy atom. The van der Waals surface area contributed by atoms with Gasteiger partial charge in [-0.2, -0.15) is 0 Å². The van der Waals surface area contributed by atoms with Crippen LogP contribution in [-0.4, -0.2) is 20.0 Å². The van der Waals surface area contributed by atoms with E-state index in [1.807, 2.05) is 30.3 Å². The molecular weight excluding hydrogens is 392 g/mol. The van der Waals surface area contributed by atoms with Crippen molar-refractivity contribution in [1.29, 1.82) is 0 Å². The summed E-state index contributed by atoms with van der Waals surface area (Å²) in [6.07, 6.45) is 3.47. The van der Waals surface area contributed by atoms with Crippen LogP contribution in [0.4, 0.5) is 0 Å². The molecule has 0 aliphatic carbocycles. The summed E-state index contributed by atoms with van der Waals surface area (Å²) in [5, 5.41) is 0. The zero-order chi connectivity index (χ0) is 21.8. The van der Waals surface area contributed by atoms with Crippen LogP contribution in [0.3, 0.4) is 0 Å². The maximum Gasteiger partial charge on any atom is 0.231 e. The maximum absolute atomic E-state index is 12.8. The Labute approximate surface area is 181 Å². The molecular formula is C26H22O5. The van der Waals surface area contributed by atoms with E-state index < -0.39 is 0 Å². The molecule has 3 aromatic rings. The number of ketones is 1. The summed E-state index contributed by atoms with van der Waals surface area (Å²) >= 11 is 0. The smallest absolute Gasteiger partial charge is 0.231 e. The van der Waals surface area contributed by atoms with Crippen molar-refractivity contribution in [3.05, 3.63) is 95.3 Å². The van der Waals surface area contributed by atoms with Crippen LogP contribution < -0.4 is 18.9 Å². The van der Waals surface area contributed by atoms with Crippen LogP contribution in [-0.2, 0) is 6.61 Å². The topological polar surface area (TPSA) is 54.0 Å². The molecule has 0 fully saturated rings. The Hall–Kier alpha value is -3.99. The second-order valence-electron chi connectivity index (χ2n) is 6.94. The molecule has 31 heavy (non-hydrogen) atoms. The summed E-state index contributed by atoms with van der Waals surface area (Å²) in [5.41, 5.74) is 3.32. The van der Waals surface area contributed by atoms with Crippen molar-refractivity contribution in [2.75, 3.05) is 14.2 Å². The van der Waals surface area contributed by atoms with Gasteiger partial charge in [0.1, 0.15) is 29.6 Å². The predicted octanol–water partition coefficient (Wildman–Crippen LogP) is 5.54. The molecule has 5 heteroatoms. The Morgan fingerprint density at radius 3 is 2.42 bits per heavy atom. The van der Waals surface area contributed by atoms with Crippen molar-refractivity contribution in [3.8, 4) is 23.0 Å². The second kappa shape index (κ2) is 8.79. The van der Waals surface area contributed by atoms with Crippen LogP contribution in [0.2, 0.25) is 0 Å². The number of hydrogen-bond donors (Lipinski definition) is 0. The van der Waals surface area contributed by atoms with E-state index in [2.05, 4.69) is 6.58 Å². The lowest BCUT2D eigenvalue weighted by Gasteiger charge is -2.08. The molecule has 0 saturated carbocycles. The van der Waals surface area contributed by atoms with E-state index in [-0.39, 0.29) is 11.5 Å². The highest BCUT2D eigenvalue weighted by Gasteiger charge is 2.28. The largest absolute Gasteiger partial charge is 0.497 e. The molecule has 1 aliphatic heterocycles. The summed E-state index contributed by atoms with van der Waals surface area (Å²) in [6.45, 7) is 4.17. The van der Waals surface area contributed by atoms with Gasteiger partial charge in [0.15, 0.2) is 5.76 Å². The molecule has 0 unspecified atom stereocenters. The highest BCUT2D eigenvalue weighted by Crippen LogP contribution is 2.36. The number of benzene rings is 3. The van der Waals surface area contributed by atoms with Gasteiger partial charge in [-0.05, 0) is 41.5 Å². The predicted molar refractivity (Wildman–Crippen MR) is 120 cm³/mol. The van der Waals surface area contributed by atoms with Crippen molar-refractivity contribution in [3.63, 3.8) is 0 Å². The van der Waals surface area contributed by atoms with Crippen molar-refractivity contribution < 1.29 is 23.7 Å². The summed E-state index contributed by atoms with van der Waals surface area (Å²) < 4.78 is 22.3. The Morgan fingerprint density at radius 1 is 0.935 bits per heavy atom. The summed E-state index contributed by atoms with van der Waals surface area (Å²) in [6, 6.07) is 18.6. The van der Waals surface area contributed by atoms with Crippen molar-refractivity contribution in [2.24, 2.45) is 0 Å². The number of ether oxygens (including phenoxy) is 4. The second-order valence-corrected chi connectivity index (χ2v) is 6.94. The third-order valence-corrected chi connectivity index (χ3v) is 4.99. The van der Waals surface area contributed by atoms with E-state index in [1.54, 1.807) is 56.7 Å². The van der Waals surface area contributed by atoms with Gasteiger partial charge in [0.05, 0.1) is 19.8 Å². The van der Waals surface area contributed by atoms with Gasteiger partial charge in [-0.15, -0.1) is 0 Å². The first-order valence-corrected chi connectivity index (χ1v) is 9.76. The Kier molecular flexibility index (Phi) is 5.76. The number of carbonyl (C=O) groups excluding carboxylic acids is 1. The van der Waals surface area contributed by atoms with Gasteiger partial charge < -0.3 is 18.9 Å². The minimum absolute atomic E-state index is 0.181. The van der Waals surface area contributed by atoms with Crippen LogP contribution >= 0.6 is 0 Å². The van der Waals surface area contributed by atoms with Gasteiger partial charge in [-0.3, -0.25) is 4.79 Å². The molecule has 0 atom stereocenters. The first kappa shape index (κ1) is 20.3. The fourth-order valence-corrected chi connectivity index (χ4v) is 3.25. The summed E-state index contributed by atoms with van der Waals surface area (Å²) in [5.74, 6) is 2.41. The number of rotatable bonds is 7. The van der Waals surface area contributed by atoms with Crippen LogP contribution in [0.15, 0.2) is 73.0 Å². The third kappa shape index (κ3) is 4.31. The van der Waals surface area contributed by atoms with Crippen molar-refractivity contribution in [2.45, 2.75) is 6.61 Å². The first-order chi connectivity index (χ1) is 15.1. The normalized spacial score (nSPS) is 13.5. The molecule has 0 radical (unpaired) electrons. The molecule has 0 spiro atoms. The number of hydrogen-bond acceptors (Lipinski definition) is 5. The van der Waals surface area contributed by atoms with Crippen molar-refractivity contribution >= 4 is 17.9 Å². The number of fused-ring (bicyclic) bond motifs is 1. The lowest BCUT2D eigenvalue weighted by Crippen LogP contribution is -1.99. The molecule has 0 saturated heterocycles. The quantitative estimate of drug-likeness (QED) is 0.475. The maximum atomic E-state index is 12.8. The SMILES string of the molecule is C=Cc1ccc(COc2ccc3c(c2)O/C(=C\c2ccc(OC)cc2OC)C3=O)cc1. The minimum Gasteiger partial charge on any atom is -0.497 e. The monoisotopic (exact) mass is 414 g/mol. The standard InChI is InChI=1S/C26H22O5/c1-4-17-5-7-18(8-6-17)16-30-21-11-12-22-24(15-21)31-25(26(22)27)13-19-9-10-20(28-2)14-23(19)29-3/h4-15H,1,16H2,2-3H3/b25-13-. The lowest BCUT2D eigenvalue weighted by atomic mass is 10.1. The molecule has 5 nitrogen and oxygen atoms in total. The fraction of sp³-hybridized carbons (Fsp3) is 0.115. The highest BCUT2D eigenvalue weighted by molar-refractivity contribution is 6.14. The Balaban J connectivity index is 1.51. The highest BCUT2D eigenvalue weighted by atomic mass is 16.5. The number of carbonyl (C=O) groups is 1. The van der Waals surface area contributed by atoms with E-state index in [4.69, 9.17) is 18.9 Å². The van der Waals surface area contributed by atoms with Gasteiger partial charge in [-0.25, -0.2) is 0 Å². The van der Waals surface area contributed by atoms with Gasteiger partial charge >= 0.3 is 0 Å². The Bertz CT molecular complexity index is 1160. The van der Waals surface area contributed by atoms with Crippen LogP contribution in [0.5, 0.6) is 23.0 Å². The number of Topliss-reactive ketones (excluding diaryl/α,β-unsaturated/α-hetero) is 1. The van der Waals surface area contributed by atoms with E-state index in [0.717, 1.165) is 16.7 Å². The molecule has 3 aromatic carbocycles. The molecule has 4 rings (SSSR count). The van der Waals surface area contributed by atoms with Gasteiger partial charge in [0, 0.05) is 17.7 Å². The average Bonchev–Trinajstić information content (AvgIpc) is 3.12. The van der Waals surface area contributed by atoms with E-state index in [9.17, 15) is 4.79 Å². The van der Waals surface area contributed by atoms with Crippen LogP contribution in [0.25, 0.3) is 12.2 Å². The molecule has 1 heterocycles. The summed E-state index contributed by atoms with van der Waals surface area (Å²) in [4.78, 5) is 12.8. The van der Waals surface area contributed by atoms with E-state index in [0.29, 0.717) is 35.2 Å². The van der Waals surface area contributed by atoms with Gasteiger partial charge in [0.2, 0.25) is 5.78 Å². The number of methoxy groups -OCH3 is 2. The van der Waals surface area contributed by atoms with Crippen LogP contribution in [0.1, 0.15) is 27.0 Å². The number of allylic oxidation sites excluding steroid dienone is 1. The molecule has 0 aromatic heterocycles. The van der Waals surface area contributed by atoms with Gasteiger partial charge in [0.25, 0.3) is 0 Å². The fourth-order valence-electron chi connectivity index (χ4n) is 3.25. The third-order valence-electron chi connectivity index (χ3n) is 4.99. The summed E-state index contributed by atoms with van der Waals surface area (Å²) in [7, 11) is 3.15. The van der Waals surface area contributed by atoms with E-state index >= 15 is 0 Å². The lowest BCUT2D eigenvalue weighted by molar-refractivity contribution is 0.101. The average molecular weight is 414 g/mol. The molecule has 0 bridgehead atoms. The zero-order valence-electron chi connectivity index (χ0n) is 17.4. The molecule has 0 N–H and O–H groups in total. The van der Waals surface area contributed by atoms with E-state index in [1.165, 1.54) is 0 Å². The van der Waals surface area contributed by atoms with Crippen LogP contribution in [0, 0.1) is 0 Å². The van der Waals surface area contributed by atoms with Crippen molar-refractivity contribution in [1.82, 2.24) is 0 Å². The van der Waals surface area contributed by atoms with Gasteiger partial charge in [-0.1, -0.05) is 36.9 Å². The molecule has 1 aliphatic rings.